The number of methoxy groups -OCH3 is 1. The average molecular weight is 404 g/mol. The van der Waals surface area contributed by atoms with Crippen LogP contribution in [0, 0.1) is 5.82 Å². The van der Waals surface area contributed by atoms with Gasteiger partial charge in [-0.3, -0.25) is 10.2 Å². The molecule has 2 rings (SSSR count). The molecule has 148 valence electrons. The number of hydrazone groups is 1. The van der Waals surface area contributed by atoms with Crippen LogP contribution in [0.5, 0.6) is 11.5 Å². The molecule has 0 bridgehead atoms. The minimum atomic E-state index is -0.324. The molecule has 0 aliphatic carbocycles. The van der Waals surface area contributed by atoms with E-state index in [1.165, 1.54) is 19.2 Å². The molecule has 0 aromatic heterocycles. The maximum Gasteiger partial charge on any atom is 0.257 e. The maximum absolute atomic E-state index is 12.9. The van der Waals surface area contributed by atoms with Gasteiger partial charge in [0.1, 0.15) is 5.82 Å². The van der Waals surface area contributed by atoms with Crippen LogP contribution in [-0.4, -0.2) is 37.5 Å². The van der Waals surface area contributed by atoms with Crippen molar-refractivity contribution in [2.24, 2.45) is 5.10 Å². The molecule has 9 heteroatoms. The predicted molar refractivity (Wildman–Crippen MR) is 111 cm³/mol. The molecule has 1 amide bonds. The largest absolute Gasteiger partial charge is 0.493 e. The Morgan fingerprint density at radius 1 is 1.21 bits per heavy atom. The minimum absolute atomic E-state index is 0.0947. The summed E-state index contributed by atoms with van der Waals surface area (Å²) in [7, 11) is 1.51. The molecule has 0 aliphatic heterocycles. The molecule has 0 atom stereocenters. The summed E-state index contributed by atoms with van der Waals surface area (Å²) in [5.41, 5.74) is 4.05. The smallest absolute Gasteiger partial charge is 0.257 e. The Labute approximate surface area is 167 Å². The Bertz CT molecular complexity index is 844. The number of carbonyl (C=O) groups excluding carboxylic acids is 1. The highest BCUT2D eigenvalue weighted by atomic mass is 32.1. The molecule has 0 unspecified atom stereocenters. The molecular formula is C19H21FN4O3S. The Balaban J connectivity index is 1.91. The van der Waals surface area contributed by atoms with E-state index < -0.39 is 0 Å². The molecule has 0 radical (unpaired) electrons. The molecule has 2 aromatic carbocycles. The van der Waals surface area contributed by atoms with Gasteiger partial charge in [0.05, 0.1) is 13.3 Å². The Hall–Kier alpha value is -3.20. The fraction of sp³-hybridized carbons (Fsp3) is 0.211. The van der Waals surface area contributed by atoms with E-state index in [0.29, 0.717) is 23.7 Å². The van der Waals surface area contributed by atoms with Crippen LogP contribution in [0.1, 0.15) is 12.5 Å². The SMILES string of the molecule is CCNC(=O)COc1ccc(/C=N\NC(=S)Nc2ccc(F)cc2)cc1OC. The summed E-state index contributed by atoms with van der Waals surface area (Å²) >= 11 is 5.12. The van der Waals surface area contributed by atoms with Crippen molar-refractivity contribution >= 4 is 35.1 Å². The normalized spacial score (nSPS) is 10.4. The Kier molecular flexibility index (Phi) is 8.16. The lowest BCUT2D eigenvalue weighted by molar-refractivity contribution is -0.123. The second-order valence-corrected chi connectivity index (χ2v) is 5.89. The average Bonchev–Trinajstić information content (AvgIpc) is 2.68. The molecular weight excluding hydrogens is 383 g/mol. The van der Waals surface area contributed by atoms with Gasteiger partial charge in [-0.25, -0.2) is 4.39 Å². The summed E-state index contributed by atoms with van der Waals surface area (Å²) in [5, 5.41) is 9.84. The molecule has 3 N–H and O–H groups in total. The number of benzene rings is 2. The van der Waals surface area contributed by atoms with Crippen molar-refractivity contribution in [1.29, 1.82) is 0 Å². The van der Waals surface area contributed by atoms with Gasteiger partial charge < -0.3 is 20.1 Å². The third-order valence-corrected chi connectivity index (χ3v) is 3.60. The van der Waals surface area contributed by atoms with Gasteiger partial charge in [-0.15, -0.1) is 0 Å². The first kappa shape index (κ1) is 21.1. The molecule has 7 nitrogen and oxygen atoms in total. The lowest BCUT2D eigenvalue weighted by Gasteiger charge is -2.11. The number of amides is 1. The fourth-order valence-corrected chi connectivity index (χ4v) is 2.30. The van der Waals surface area contributed by atoms with Crippen molar-refractivity contribution in [3.63, 3.8) is 0 Å². The molecule has 0 saturated heterocycles. The predicted octanol–water partition coefficient (Wildman–Crippen LogP) is 2.67. The first-order valence-electron chi connectivity index (χ1n) is 8.45. The highest BCUT2D eigenvalue weighted by molar-refractivity contribution is 7.80. The standard InChI is InChI=1S/C19H21FN4O3S/c1-3-21-18(25)12-27-16-9-4-13(10-17(16)26-2)11-22-24-19(28)23-15-7-5-14(20)6-8-15/h4-11H,3,12H2,1-2H3,(H,21,25)(H2,23,24,28)/b22-11-. The summed E-state index contributed by atoms with van der Waals surface area (Å²) in [5.74, 6) is 0.393. The third-order valence-electron chi connectivity index (χ3n) is 3.40. The van der Waals surface area contributed by atoms with E-state index in [-0.39, 0.29) is 23.4 Å². The Morgan fingerprint density at radius 2 is 1.96 bits per heavy atom. The second kappa shape index (κ2) is 10.8. The number of hydrogen-bond donors (Lipinski definition) is 3. The van der Waals surface area contributed by atoms with Crippen LogP contribution in [0.4, 0.5) is 10.1 Å². The van der Waals surface area contributed by atoms with Crippen LogP contribution >= 0.6 is 12.2 Å². The zero-order valence-corrected chi connectivity index (χ0v) is 16.3. The van der Waals surface area contributed by atoms with Crippen molar-refractivity contribution in [1.82, 2.24) is 10.7 Å². The van der Waals surface area contributed by atoms with Gasteiger partial charge >= 0.3 is 0 Å². The molecule has 2 aromatic rings. The van der Waals surface area contributed by atoms with E-state index >= 15 is 0 Å². The number of likely N-dealkylation sites (N-methyl/N-ethyl adjacent to an activating group) is 1. The van der Waals surface area contributed by atoms with Crippen molar-refractivity contribution in [2.75, 3.05) is 25.6 Å². The van der Waals surface area contributed by atoms with Crippen molar-refractivity contribution in [3.8, 4) is 11.5 Å². The maximum atomic E-state index is 12.9. The molecule has 0 spiro atoms. The van der Waals surface area contributed by atoms with Gasteiger partial charge in [0.2, 0.25) is 0 Å². The van der Waals surface area contributed by atoms with Gasteiger partial charge in [0.15, 0.2) is 23.2 Å². The van der Waals surface area contributed by atoms with E-state index in [0.717, 1.165) is 5.56 Å². The number of hydrogen-bond acceptors (Lipinski definition) is 5. The van der Waals surface area contributed by atoms with Gasteiger partial charge in [-0.1, -0.05) is 0 Å². The number of rotatable bonds is 8. The highest BCUT2D eigenvalue weighted by Gasteiger charge is 2.07. The third kappa shape index (κ3) is 6.84. The van der Waals surface area contributed by atoms with E-state index in [1.54, 1.807) is 36.5 Å². The van der Waals surface area contributed by atoms with Crippen LogP contribution in [0.25, 0.3) is 0 Å². The van der Waals surface area contributed by atoms with Crippen molar-refractivity contribution < 1.29 is 18.7 Å². The summed E-state index contributed by atoms with van der Waals surface area (Å²) in [6.07, 6.45) is 1.55. The molecule has 0 fully saturated rings. The molecule has 0 heterocycles. The monoisotopic (exact) mass is 404 g/mol. The fourth-order valence-electron chi connectivity index (χ4n) is 2.13. The number of thiocarbonyl (C=S) groups is 1. The van der Waals surface area contributed by atoms with Crippen LogP contribution in [0.3, 0.4) is 0 Å². The van der Waals surface area contributed by atoms with E-state index in [4.69, 9.17) is 21.7 Å². The second-order valence-electron chi connectivity index (χ2n) is 5.48. The van der Waals surface area contributed by atoms with Crippen LogP contribution < -0.4 is 25.5 Å². The molecule has 0 aliphatic rings. The molecule has 0 saturated carbocycles. The number of nitrogens with zero attached hydrogens (tertiary/aromatic N) is 1. The topological polar surface area (TPSA) is 84.0 Å². The first-order valence-corrected chi connectivity index (χ1v) is 8.85. The number of anilines is 1. The lowest BCUT2D eigenvalue weighted by Crippen LogP contribution is -2.28. The number of halogens is 1. The van der Waals surface area contributed by atoms with E-state index in [2.05, 4.69) is 21.2 Å². The quantitative estimate of drug-likeness (QED) is 0.356. The van der Waals surface area contributed by atoms with Gasteiger partial charge in [-0.05, 0) is 67.2 Å². The Morgan fingerprint density at radius 3 is 2.64 bits per heavy atom. The van der Waals surface area contributed by atoms with Crippen molar-refractivity contribution in [2.45, 2.75) is 6.92 Å². The number of nitrogens with one attached hydrogen (secondary N) is 3. The first-order chi connectivity index (χ1) is 13.5. The van der Waals surface area contributed by atoms with Gasteiger partial charge in [0, 0.05) is 12.2 Å². The van der Waals surface area contributed by atoms with Crippen LogP contribution in [-0.2, 0) is 4.79 Å². The number of ether oxygens (including phenoxy) is 2. The summed E-state index contributed by atoms with van der Waals surface area (Å²) in [4.78, 5) is 11.5. The zero-order valence-electron chi connectivity index (χ0n) is 15.5. The zero-order chi connectivity index (χ0) is 20.4. The van der Waals surface area contributed by atoms with E-state index in [1.807, 2.05) is 6.92 Å². The van der Waals surface area contributed by atoms with Crippen molar-refractivity contribution in [3.05, 3.63) is 53.8 Å². The highest BCUT2D eigenvalue weighted by Crippen LogP contribution is 2.27. The summed E-state index contributed by atoms with van der Waals surface area (Å²) < 4.78 is 23.6. The van der Waals surface area contributed by atoms with E-state index in [9.17, 15) is 9.18 Å². The van der Waals surface area contributed by atoms with Gasteiger partial charge in [-0.2, -0.15) is 5.10 Å². The lowest BCUT2D eigenvalue weighted by atomic mass is 10.2. The van der Waals surface area contributed by atoms with Crippen LogP contribution in [0.2, 0.25) is 0 Å². The minimum Gasteiger partial charge on any atom is -0.493 e. The summed E-state index contributed by atoms with van der Waals surface area (Å²) in [6.45, 7) is 2.28. The summed E-state index contributed by atoms with van der Waals surface area (Å²) in [6, 6.07) is 11.0. The number of carbonyl (C=O) groups is 1. The van der Waals surface area contributed by atoms with Crippen LogP contribution in [0.15, 0.2) is 47.6 Å². The molecule has 28 heavy (non-hydrogen) atoms. The van der Waals surface area contributed by atoms with Gasteiger partial charge in [0.25, 0.3) is 5.91 Å².